The summed E-state index contributed by atoms with van der Waals surface area (Å²) >= 11 is 6.16. The molecule has 2 fully saturated rings. The van der Waals surface area contributed by atoms with Gasteiger partial charge in [-0.1, -0.05) is 17.7 Å². The number of nitrogens with zero attached hydrogens (tertiary/aromatic N) is 3. The first-order valence-electron chi connectivity index (χ1n) is 7.34. The fourth-order valence-electron chi connectivity index (χ4n) is 4.08. The van der Waals surface area contributed by atoms with Crippen LogP contribution >= 0.6 is 11.6 Å². The van der Waals surface area contributed by atoms with Crippen LogP contribution in [0.15, 0.2) is 23.2 Å². The second-order valence-corrected chi connectivity index (χ2v) is 6.63. The molecule has 4 rings (SSSR count). The van der Waals surface area contributed by atoms with Crippen molar-refractivity contribution in [2.24, 2.45) is 21.6 Å². The van der Waals surface area contributed by atoms with Gasteiger partial charge in [-0.25, -0.2) is 9.38 Å². The van der Waals surface area contributed by atoms with Crippen LogP contribution in [0.25, 0.3) is 0 Å². The lowest BCUT2D eigenvalue weighted by molar-refractivity contribution is -0.193. The van der Waals surface area contributed by atoms with E-state index in [-0.39, 0.29) is 29.1 Å². The highest BCUT2D eigenvalue weighted by molar-refractivity contribution is 6.31. The van der Waals surface area contributed by atoms with Crippen LogP contribution in [0.1, 0.15) is 18.4 Å². The predicted molar refractivity (Wildman–Crippen MR) is 81.1 cm³/mol. The molecule has 2 heterocycles. The third kappa shape index (κ3) is 1.36. The molecule has 1 aliphatic carbocycles. The molecule has 1 saturated heterocycles. The Morgan fingerprint density at radius 3 is 2.71 bits per heavy atom. The number of nitrogens with two attached hydrogens (primary N) is 1. The number of fused-ring (bicyclic) bond motifs is 2. The van der Waals surface area contributed by atoms with Crippen molar-refractivity contribution in [1.82, 2.24) is 0 Å². The summed E-state index contributed by atoms with van der Waals surface area (Å²) in [5, 5.41) is 19.9. The minimum Gasteiger partial charge on any atom is -0.386 e. The van der Waals surface area contributed by atoms with Crippen LogP contribution in [0.5, 0.6) is 0 Å². The molecule has 1 saturated carbocycles. The maximum absolute atomic E-state index is 14.5. The first-order chi connectivity index (χ1) is 11.4. The number of halogens is 2. The van der Waals surface area contributed by atoms with Gasteiger partial charge in [0.15, 0.2) is 5.41 Å². The number of rotatable bonds is 1. The van der Waals surface area contributed by atoms with Crippen molar-refractivity contribution in [2.45, 2.75) is 24.9 Å². The Bertz CT molecular complexity index is 858. The van der Waals surface area contributed by atoms with E-state index in [1.807, 2.05) is 0 Å². The number of hydrogen-bond acceptors (Lipinski definition) is 6. The number of aliphatic imine (C=N–C) groups is 1. The van der Waals surface area contributed by atoms with Crippen LogP contribution in [-0.4, -0.2) is 24.5 Å². The Balaban J connectivity index is 1.98. The van der Waals surface area contributed by atoms with Crippen molar-refractivity contribution < 1.29 is 13.9 Å². The first kappa shape index (κ1) is 15.3. The molecular formula is C16H12ClFN4O2. The van der Waals surface area contributed by atoms with Crippen molar-refractivity contribution >= 4 is 17.4 Å². The molecule has 3 aliphatic rings. The highest BCUT2D eigenvalue weighted by Crippen LogP contribution is 2.83. The van der Waals surface area contributed by atoms with Gasteiger partial charge in [-0.3, -0.25) is 0 Å². The van der Waals surface area contributed by atoms with Gasteiger partial charge in [0.2, 0.25) is 0 Å². The fourth-order valence-corrected chi connectivity index (χ4v) is 4.35. The Hall–Kier alpha value is -2.19. The molecule has 0 aromatic heterocycles. The summed E-state index contributed by atoms with van der Waals surface area (Å²) in [5.41, 5.74) is 2.96. The van der Waals surface area contributed by atoms with E-state index in [1.54, 1.807) is 6.92 Å². The average Bonchev–Trinajstić information content (AvgIpc) is 2.89. The number of nitriles is 2. The summed E-state index contributed by atoms with van der Waals surface area (Å²) < 4.78 is 25.9. The van der Waals surface area contributed by atoms with Gasteiger partial charge in [-0.2, -0.15) is 10.5 Å². The van der Waals surface area contributed by atoms with E-state index < -0.39 is 28.5 Å². The Morgan fingerprint density at radius 2 is 2.17 bits per heavy atom. The predicted octanol–water partition coefficient (Wildman–Crippen LogP) is 2.06. The van der Waals surface area contributed by atoms with Crippen LogP contribution in [0.4, 0.5) is 4.39 Å². The van der Waals surface area contributed by atoms with Crippen LogP contribution in [0.3, 0.4) is 0 Å². The fraction of sp³-hybridized carbons (Fsp3) is 0.438. The summed E-state index contributed by atoms with van der Waals surface area (Å²) in [5.74, 6) is -3.33. The van der Waals surface area contributed by atoms with Crippen LogP contribution in [0.2, 0.25) is 5.02 Å². The van der Waals surface area contributed by atoms with E-state index in [2.05, 4.69) is 17.1 Å². The summed E-state index contributed by atoms with van der Waals surface area (Å²) in [4.78, 5) is 4.16. The number of ether oxygens (including phenoxy) is 2. The largest absolute Gasteiger partial charge is 0.386 e. The van der Waals surface area contributed by atoms with Crippen LogP contribution in [0, 0.1) is 39.3 Å². The van der Waals surface area contributed by atoms with Gasteiger partial charge in [0.25, 0.3) is 5.91 Å². The van der Waals surface area contributed by atoms with Crippen LogP contribution in [-0.2, 0) is 9.47 Å². The Morgan fingerprint density at radius 1 is 1.42 bits per heavy atom. The number of benzene rings is 1. The topological polar surface area (TPSA) is 104 Å². The molecule has 2 N–H and O–H groups in total. The second-order valence-electron chi connectivity index (χ2n) is 6.23. The summed E-state index contributed by atoms with van der Waals surface area (Å²) in [6.07, 6.45) is -0.335. The number of amidine groups is 1. The van der Waals surface area contributed by atoms with Crippen molar-refractivity contribution in [1.29, 1.82) is 10.5 Å². The van der Waals surface area contributed by atoms with Crippen molar-refractivity contribution in [3.8, 4) is 12.1 Å². The van der Waals surface area contributed by atoms with Gasteiger partial charge >= 0.3 is 0 Å². The maximum atomic E-state index is 14.5. The van der Waals surface area contributed by atoms with Crippen molar-refractivity contribution in [3.05, 3.63) is 34.6 Å². The average molecular weight is 347 g/mol. The Kier molecular flexibility index (Phi) is 2.85. The van der Waals surface area contributed by atoms with Gasteiger partial charge in [-0.05, 0) is 19.1 Å². The zero-order valence-corrected chi connectivity index (χ0v) is 13.3. The molecule has 5 atom stereocenters. The van der Waals surface area contributed by atoms with E-state index in [9.17, 15) is 14.9 Å². The molecule has 1 aromatic rings. The van der Waals surface area contributed by atoms with E-state index in [0.717, 1.165) is 0 Å². The molecule has 1 aromatic carbocycles. The van der Waals surface area contributed by atoms with E-state index >= 15 is 0 Å². The minimum absolute atomic E-state index is 0.0613. The Labute approximate surface area is 142 Å². The van der Waals surface area contributed by atoms with Gasteiger partial charge in [0.05, 0.1) is 24.8 Å². The van der Waals surface area contributed by atoms with Gasteiger partial charge in [0.1, 0.15) is 17.1 Å². The van der Waals surface area contributed by atoms with Crippen LogP contribution < -0.4 is 5.73 Å². The minimum atomic E-state index is -1.71. The molecule has 122 valence electrons. The maximum Gasteiger partial charge on any atom is 0.293 e. The lowest BCUT2D eigenvalue weighted by Gasteiger charge is -2.26. The van der Waals surface area contributed by atoms with Gasteiger partial charge < -0.3 is 15.2 Å². The van der Waals surface area contributed by atoms with Gasteiger partial charge in [0, 0.05) is 16.5 Å². The lowest BCUT2D eigenvalue weighted by Crippen LogP contribution is -2.39. The number of hydrogen-bond donors (Lipinski definition) is 1. The molecule has 0 radical (unpaired) electrons. The molecule has 8 heteroatoms. The second kappa shape index (κ2) is 4.46. The molecule has 2 aliphatic heterocycles. The summed E-state index contributed by atoms with van der Waals surface area (Å²) in [6.45, 7) is 1.95. The molecule has 1 spiro atoms. The highest BCUT2D eigenvalue weighted by Gasteiger charge is 2.95. The standard InChI is InChI=1S/C16H12ClFN4O2/c1-8-5-23-16(24-8)15(7-20)12(14(15,6-19)13(21)22-16)11-9(17)3-2-4-10(11)18/h2-4,8,12H,5H2,1H3,(H2,21,22)/t8-,12-,14-,15-,16+/m1/s1. The molecule has 24 heavy (non-hydrogen) atoms. The molecule has 0 bridgehead atoms. The van der Waals surface area contributed by atoms with Gasteiger partial charge in [-0.15, -0.1) is 0 Å². The van der Waals surface area contributed by atoms with Crippen molar-refractivity contribution in [3.63, 3.8) is 0 Å². The van der Waals surface area contributed by atoms with Crippen molar-refractivity contribution in [2.75, 3.05) is 6.61 Å². The third-order valence-electron chi connectivity index (χ3n) is 5.09. The monoisotopic (exact) mass is 346 g/mol. The van der Waals surface area contributed by atoms with E-state index in [1.165, 1.54) is 18.2 Å². The molecule has 0 amide bonds. The third-order valence-corrected chi connectivity index (χ3v) is 5.42. The van der Waals surface area contributed by atoms with E-state index in [4.69, 9.17) is 26.8 Å². The summed E-state index contributed by atoms with van der Waals surface area (Å²) in [6, 6.07) is 8.35. The first-order valence-corrected chi connectivity index (χ1v) is 7.72. The lowest BCUT2D eigenvalue weighted by atomic mass is 9.93. The normalized spacial score (nSPS) is 42.3. The SMILES string of the molecule is C[C@@H]1CO[C@]2(N=C(N)[C@@]3(C#N)[C@@H](c4c(F)cccc4Cl)[C@@]23C#N)O1. The molecule has 6 nitrogen and oxygen atoms in total. The van der Waals surface area contributed by atoms with E-state index in [0.29, 0.717) is 0 Å². The smallest absolute Gasteiger partial charge is 0.293 e. The zero-order valence-electron chi connectivity index (χ0n) is 12.6. The zero-order chi connectivity index (χ0) is 17.3. The molecular weight excluding hydrogens is 335 g/mol. The molecule has 0 unspecified atom stereocenters. The highest BCUT2D eigenvalue weighted by atomic mass is 35.5. The quantitative estimate of drug-likeness (QED) is 0.838. The summed E-state index contributed by atoms with van der Waals surface area (Å²) in [7, 11) is 0.